The van der Waals surface area contributed by atoms with Gasteiger partial charge >= 0.3 is 6.09 Å². The van der Waals surface area contributed by atoms with Crippen molar-refractivity contribution < 1.29 is 27.8 Å². The standard InChI is InChI=1S/C27H32F2N6O5/c1-27(2,3)40-26(37)35(16-17-12-23-25(32-31-17)39-11-10-38-23)18-4-6-33(7-5-18)8-9-34-22-14-20(29)19(28)13-21(22)30-15-24(34)36/h12-15,18H,4-11,16H2,1-3H3. The molecule has 0 unspecified atom stereocenters. The van der Waals surface area contributed by atoms with Crippen LogP contribution in [-0.4, -0.2) is 80.1 Å². The van der Waals surface area contributed by atoms with Crippen LogP contribution in [0.1, 0.15) is 39.3 Å². The minimum absolute atomic E-state index is 0.109. The molecule has 5 rings (SSSR count). The van der Waals surface area contributed by atoms with Crippen molar-refractivity contribution in [2.45, 2.75) is 58.3 Å². The predicted octanol–water partition coefficient (Wildman–Crippen LogP) is 3.14. The number of fused-ring (bicyclic) bond motifs is 2. The first-order chi connectivity index (χ1) is 19.1. The highest BCUT2D eigenvalue weighted by atomic mass is 19.2. The minimum Gasteiger partial charge on any atom is -0.484 e. The van der Waals surface area contributed by atoms with Crippen LogP contribution in [0.2, 0.25) is 0 Å². The van der Waals surface area contributed by atoms with Gasteiger partial charge in [-0.15, -0.1) is 10.2 Å². The Kier molecular flexibility index (Phi) is 7.83. The van der Waals surface area contributed by atoms with Gasteiger partial charge in [-0.1, -0.05) is 0 Å². The molecule has 1 amide bonds. The molecule has 0 bridgehead atoms. The smallest absolute Gasteiger partial charge is 0.410 e. The number of benzene rings is 1. The average Bonchev–Trinajstić information content (AvgIpc) is 2.91. The van der Waals surface area contributed by atoms with E-state index in [-0.39, 0.29) is 35.7 Å². The van der Waals surface area contributed by atoms with Crippen LogP contribution in [0.4, 0.5) is 13.6 Å². The van der Waals surface area contributed by atoms with Gasteiger partial charge in [-0.25, -0.2) is 18.6 Å². The van der Waals surface area contributed by atoms with Gasteiger partial charge in [0.05, 0.1) is 29.5 Å². The minimum atomic E-state index is -1.03. The maximum Gasteiger partial charge on any atom is 0.410 e. The van der Waals surface area contributed by atoms with Crippen LogP contribution < -0.4 is 15.0 Å². The fraction of sp³-hybridized carbons (Fsp3) is 0.519. The lowest BCUT2D eigenvalue weighted by molar-refractivity contribution is 0.00521. The molecule has 0 spiro atoms. The Balaban J connectivity index is 1.26. The number of hydrogen-bond acceptors (Lipinski definition) is 9. The Bertz CT molecular complexity index is 1450. The molecule has 214 valence electrons. The molecule has 4 heterocycles. The Morgan fingerprint density at radius 1 is 1.07 bits per heavy atom. The summed E-state index contributed by atoms with van der Waals surface area (Å²) in [5.41, 5.74) is -0.0298. The van der Waals surface area contributed by atoms with E-state index in [0.717, 1.165) is 18.3 Å². The summed E-state index contributed by atoms with van der Waals surface area (Å²) >= 11 is 0. The van der Waals surface area contributed by atoms with Crippen LogP contribution in [0.5, 0.6) is 11.6 Å². The molecule has 0 radical (unpaired) electrons. The summed E-state index contributed by atoms with van der Waals surface area (Å²) in [5.74, 6) is -1.21. The summed E-state index contributed by atoms with van der Waals surface area (Å²) in [7, 11) is 0. The number of ether oxygens (including phenoxy) is 3. The average molecular weight is 559 g/mol. The van der Waals surface area contributed by atoms with E-state index in [4.69, 9.17) is 14.2 Å². The fourth-order valence-corrected chi connectivity index (χ4v) is 4.89. The van der Waals surface area contributed by atoms with Crippen molar-refractivity contribution in [3.8, 4) is 11.6 Å². The zero-order valence-corrected chi connectivity index (χ0v) is 22.7. The van der Waals surface area contributed by atoms with Gasteiger partial charge in [-0.2, -0.15) is 0 Å². The van der Waals surface area contributed by atoms with E-state index in [1.165, 1.54) is 4.57 Å². The van der Waals surface area contributed by atoms with E-state index < -0.39 is 23.3 Å². The quantitative estimate of drug-likeness (QED) is 0.450. The number of piperidine rings is 1. The second-order valence-electron chi connectivity index (χ2n) is 10.9. The Hall–Kier alpha value is -3.87. The Morgan fingerprint density at radius 3 is 2.55 bits per heavy atom. The van der Waals surface area contributed by atoms with E-state index in [1.54, 1.807) is 11.0 Å². The van der Waals surface area contributed by atoms with E-state index in [1.807, 2.05) is 20.8 Å². The molecule has 0 atom stereocenters. The molecule has 0 aliphatic carbocycles. The van der Waals surface area contributed by atoms with Gasteiger partial charge in [0.25, 0.3) is 11.4 Å². The molecule has 0 saturated carbocycles. The van der Waals surface area contributed by atoms with Gasteiger partial charge in [0.1, 0.15) is 18.8 Å². The molecule has 13 heteroatoms. The topological polar surface area (TPSA) is 112 Å². The lowest BCUT2D eigenvalue weighted by Gasteiger charge is -2.39. The van der Waals surface area contributed by atoms with Crippen molar-refractivity contribution in [3.63, 3.8) is 0 Å². The summed E-state index contributed by atoms with van der Waals surface area (Å²) in [5, 5.41) is 8.32. The number of hydrogen-bond donors (Lipinski definition) is 0. The van der Waals surface area contributed by atoms with Crippen LogP contribution in [0, 0.1) is 11.6 Å². The fourth-order valence-electron chi connectivity index (χ4n) is 4.89. The summed E-state index contributed by atoms with van der Waals surface area (Å²) in [6.45, 7) is 8.62. The first-order valence-corrected chi connectivity index (χ1v) is 13.3. The second-order valence-corrected chi connectivity index (χ2v) is 10.9. The summed E-state index contributed by atoms with van der Waals surface area (Å²) in [6.07, 6.45) is 2.02. The first-order valence-electron chi connectivity index (χ1n) is 13.3. The number of rotatable bonds is 6. The van der Waals surface area contributed by atoms with Crippen LogP contribution in [0.15, 0.2) is 29.2 Å². The maximum atomic E-state index is 13.9. The highest BCUT2D eigenvalue weighted by molar-refractivity contribution is 5.74. The van der Waals surface area contributed by atoms with E-state index in [2.05, 4.69) is 20.1 Å². The molecule has 2 aliphatic rings. The number of nitrogens with zero attached hydrogens (tertiary/aromatic N) is 6. The highest BCUT2D eigenvalue weighted by Gasteiger charge is 2.32. The van der Waals surface area contributed by atoms with E-state index in [0.29, 0.717) is 63.0 Å². The zero-order chi connectivity index (χ0) is 28.4. The molecule has 1 saturated heterocycles. The number of carbonyl (C=O) groups is 1. The second kappa shape index (κ2) is 11.3. The molecular formula is C27H32F2N6O5. The van der Waals surface area contributed by atoms with E-state index in [9.17, 15) is 18.4 Å². The van der Waals surface area contributed by atoms with Crippen LogP contribution in [0.3, 0.4) is 0 Å². The Morgan fingerprint density at radius 2 is 1.80 bits per heavy atom. The summed E-state index contributed by atoms with van der Waals surface area (Å²) < 4.78 is 45.7. The molecule has 11 nitrogen and oxygen atoms in total. The van der Waals surface area contributed by atoms with Gasteiger partial charge in [-0.3, -0.25) is 9.69 Å². The number of carbonyl (C=O) groups excluding carboxylic acids is 1. The van der Waals surface area contributed by atoms with Crippen LogP contribution >= 0.6 is 0 Å². The van der Waals surface area contributed by atoms with Crippen molar-refractivity contribution >= 4 is 17.1 Å². The first kappa shape index (κ1) is 27.7. The lowest BCUT2D eigenvalue weighted by Crippen LogP contribution is -2.49. The van der Waals surface area contributed by atoms with Crippen molar-refractivity contribution in [1.29, 1.82) is 0 Å². The molecule has 1 fully saturated rings. The third-order valence-corrected chi connectivity index (χ3v) is 6.84. The van der Waals surface area contributed by atoms with E-state index >= 15 is 0 Å². The number of halogens is 2. The van der Waals surface area contributed by atoms with Crippen molar-refractivity contribution in [2.75, 3.05) is 32.8 Å². The highest BCUT2D eigenvalue weighted by Crippen LogP contribution is 2.28. The van der Waals surface area contributed by atoms with Gasteiger partial charge in [0.2, 0.25) is 0 Å². The molecule has 40 heavy (non-hydrogen) atoms. The zero-order valence-electron chi connectivity index (χ0n) is 22.7. The molecule has 2 aliphatic heterocycles. The monoisotopic (exact) mass is 558 g/mol. The van der Waals surface area contributed by atoms with Crippen molar-refractivity contribution in [1.82, 2.24) is 29.5 Å². The lowest BCUT2D eigenvalue weighted by atomic mass is 10.0. The van der Waals surface area contributed by atoms with Crippen LogP contribution in [-0.2, 0) is 17.8 Å². The largest absolute Gasteiger partial charge is 0.484 e. The number of amides is 1. The third kappa shape index (κ3) is 6.30. The summed E-state index contributed by atoms with van der Waals surface area (Å²) in [6, 6.07) is 3.62. The van der Waals surface area contributed by atoms with Crippen molar-refractivity contribution in [2.24, 2.45) is 0 Å². The van der Waals surface area contributed by atoms with Crippen molar-refractivity contribution in [3.05, 3.63) is 52.1 Å². The molecule has 2 aromatic heterocycles. The summed E-state index contributed by atoms with van der Waals surface area (Å²) in [4.78, 5) is 33.5. The van der Waals surface area contributed by atoms with Gasteiger partial charge in [-0.05, 0) is 33.6 Å². The normalized spacial score (nSPS) is 16.2. The maximum absolute atomic E-state index is 13.9. The predicted molar refractivity (Wildman–Crippen MR) is 140 cm³/mol. The van der Waals surface area contributed by atoms with Gasteiger partial charge < -0.3 is 23.7 Å². The molecule has 1 aromatic carbocycles. The Labute approximate surface area is 229 Å². The SMILES string of the molecule is CC(C)(C)OC(=O)N(Cc1cc2c(nn1)OCCO2)C1CCN(CCn2c(=O)cnc3cc(F)c(F)cc32)CC1. The van der Waals surface area contributed by atoms with Gasteiger partial charge in [0.15, 0.2) is 17.4 Å². The number of aromatic nitrogens is 4. The third-order valence-electron chi connectivity index (χ3n) is 6.84. The molecule has 0 N–H and O–H groups in total. The number of likely N-dealkylation sites (tertiary alicyclic amines) is 1. The molecule has 3 aromatic rings. The molecular weight excluding hydrogens is 526 g/mol. The van der Waals surface area contributed by atoms with Gasteiger partial charge in [0, 0.05) is 50.4 Å². The van der Waals surface area contributed by atoms with Crippen LogP contribution in [0.25, 0.3) is 11.0 Å².